The zero-order chi connectivity index (χ0) is 23.3. The molecule has 0 aliphatic carbocycles. The number of benzene rings is 1. The number of aromatic amines is 1. The number of thioether (sulfide) groups is 1. The van der Waals surface area contributed by atoms with Crippen molar-refractivity contribution in [2.75, 3.05) is 16.4 Å². The first kappa shape index (κ1) is 23.3. The van der Waals surface area contributed by atoms with Crippen molar-refractivity contribution < 1.29 is 18.0 Å². The predicted octanol–water partition coefficient (Wildman–Crippen LogP) is 3.12. The van der Waals surface area contributed by atoms with E-state index in [1.54, 1.807) is 12.1 Å². The van der Waals surface area contributed by atoms with Gasteiger partial charge in [0.2, 0.25) is 5.91 Å². The number of furan rings is 1. The summed E-state index contributed by atoms with van der Waals surface area (Å²) in [5, 5.41) is 0. The van der Waals surface area contributed by atoms with E-state index in [1.165, 1.54) is 16.9 Å². The molecule has 0 saturated heterocycles. The number of aromatic nitrogens is 2. The van der Waals surface area contributed by atoms with Crippen molar-refractivity contribution in [3.05, 3.63) is 74.8 Å². The number of nitrogens with two attached hydrogens (primary N) is 1. The van der Waals surface area contributed by atoms with Crippen molar-refractivity contribution >= 4 is 29.2 Å². The van der Waals surface area contributed by atoms with Gasteiger partial charge in [-0.25, -0.2) is 13.6 Å². The zero-order valence-corrected chi connectivity index (χ0v) is 18.1. The molecule has 3 N–H and O–H groups in total. The second-order valence-corrected chi connectivity index (χ2v) is 7.94. The van der Waals surface area contributed by atoms with Gasteiger partial charge in [-0.1, -0.05) is 13.3 Å². The highest BCUT2D eigenvalue weighted by atomic mass is 32.2. The average Bonchev–Trinajstić information content (AvgIpc) is 3.25. The topological polar surface area (TPSA) is 114 Å². The van der Waals surface area contributed by atoms with Crippen LogP contribution >= 0.6 is 11.8 Å². The van der Waals surface area contributed by atoms with Crippen LogP contribution in [-0.4, -0.2) is 21.2 Å². The number of hydrogen-bond donors (Lipinski definition) is 2. The van der Waals surface area contributed by atoms with Gasteiger partial charge in [-0.3, -0.25) is 24.0 Å². The number of H-pyrrole nitrogens is 1. The van der Waals surface area contributed by atoms with E-state index in [1.807, 2.05) is 6.92 Å². The molecule has 0 fully saturated rings. The van der Waals surface area contributed by atoms with Gasteiger partial charge in [0.1, 0.15) is 23.2 Å². The van der Waals surface area contributed by atoms with Crippen LogP contribution in [0.4, 0.5) is 20.3 Å². The highest BCUT2D eigenvalue weighted by Crippen LogP contribution is 2.25. The molecular formula is C21H22F2N4O4S. The van der Waals surface area contributed by atoms with Gasteiger partial charge >= 0.3 is 5.69 Å². The normalized spacial score (nSPS) is 11.0. The summed E-state index contributed by atoms with van der Waals surface area (Å²) in [5.74, 6) is -2.15. The average molecular weight is 464 g/mol. The molecule has 2 heterocycles. The standard InChI is InChI=1S/C21H22F2N4O4S/c1-2-3-8-26-19(24)18(20(29)25-21(26)30)27(11-14-5-4-9-31-14)17(28)12-32-16-7-6-13(22)10-15(16)23/h4-7,9-10H,2-3,8,11-12,24H2,1H3,(H,25,29,30). The fourth-order valence-electron chi connectivity index (χ4n) is 3.04. The maximum atomic E-state index is 14.0. The third kappa shape index (κ3) is 5.28. The molecule has 3 aromatic rings. The lowest BCUT2D eigenvalue weighted by atomic mass is 10.3. The molecule has 0 saturated carbocycles. The summed E-state index contributed by atoms with van der Waals surface area (Å²) >= 11 is 0.847. The number of carbonyl (C=O) groups is 1. The van der Waals surface area contributed by atoms with Gasteiger partial charge in [-0.15, -0.1) is 11.8 Å². The molecule has 0 aliphatic heterocycles. The van der Waals surface area contributed by atoms with Gasteiger partial charge in [0.05, 0.1) is 18.6 Å². The van der Waals surface area contributed by atoms with Gasteiger partial charge in [0, 0.05) is 17.5 Å². The van der Waals surface area contributed by atoms with Crippen LogP contribution in [0, 0.1) is 11.6 Å². The van der Waals surface area contributed by atoms with Crippen LogP contribution in [0.15, 0.2) is 55.5 Å². The van der Waals surface area contributed by atoms with E-state index in [-0.39, 0.29) is 35.2 Å². The summed E-state index contributed by atoms with van der Waals surface area (Å²) in [6, 6.07) is 6.27. The number of nitrogens with zero attached hydrogens (tertiary/aromatic N) is 2. The number of amides is 1. The Balaban J connectivity index is 1.96. The SMILES string of the molecule is CCCCn1c(N)c(N(Cc2ccco2)C(=O)CSc2ccc(F)cc2F)c(=O)[nH]c1=O. The third-order valence-electron chi connectivity index (χ3n) is 4.66. The minimum Gasteiger partial charge on any atom is -0.467 e. The number of carbonyl (C=O) groups excluding carboxylic acids is 1. The van der Waals surface area contributed by atoms with Crippen LogP contribution in [0.1, 0.15) is 25.5 Å². The minimum absolute atomic E-state index is 0.0764. The Morgan fingerprint density at radius 2 is 2.06 bits per heavy atom. The Morgan fingerprint density at radius 3 is 2.72 bits per heavy atom. The first-order valence-corrected chi connectivity index (χ1v) is 10.8. The summed E-state index contributed by atoms with van der Waals surface area (Å²) in [7, 11) is 0. The van der Waals surface area contributed by atoms with E-state index in [0.717, 1.165) is 35.2 Å². The van der Waals surface area contributed by atoms with Crippen LogP contribution < -0.4 is 21.9 Å². The summed E-state index contributed by atoms with van der Waals surface area (Å²) in [6.07, 6.45) is 2.84. The fourth-order valence-corrected chi connectivity index (χ4v) is 3.83. The van der Waals surface area contributed by atoms with Gasteiger partial charge in [-0.05, 0) is 30.7 Å². The van der Waals surface area contributed by atoms with Crippen molar-refractivity contribution in [1.29, 1.82) is 0 Å². The smallest absolute Gasteiger partial charge is 0.330 e. The Bertz CT molecular complexity index is 1210. The van der Waals surface area contributed by atoms with E-state index in [9.17, 15) is 23.2 Å². The monoisotopic (exact) mass is 464 g/mol. The van der Waals surface area contributed by atoms with Gasteiger partial charge in [-0.2, -0.15) is 0 Å². The van der Waals surface area contributed by atoms with E-state index < -0.39 is 28.8 Å². The number of nitrogens with one attached hydrogen (secondary N) is 1. The van der Waals surface area contributed by atoms with Crippen LogP contribution in [0.25, 0.3) is 0 Å². The second-order valence-electron chi connectivity index (χ2n) is 6.92. The number of unbranched alkanes of at least 4 members (excludes halogenated alkanes) is 1. The second kappa shape index (κ2) is 10.3. The Hall–Kier alpha value is -3.34. The molecule has 8 nitrogen and oxygen atoms in total. The van der Waals surface area contributed by atoms with Gasteiger partial charge in [0.15, 0.2) is 5.69 Å². The lowest BCUT2D eigenvalue weighted by molar-refractivity contribution is -0.116. The summed E-state index contributed by atoms with van der Waals surface area (Å²) in [6.45, 7) is 2.08. The van der Waals surface area contributed by atoms with E-state index >= 15 is 0 Å². The molecule has 3 rings (SSSR count). The third-order valence-corrected chi connectivity index (χ3v) is 5.69. The first-order valence-electron chi connectivity index (χ1n) is 9.85. The number of hydrogen-bond acceptors (Lipinski definition) is 6. The molecule has 0 unspecified atom stereocenters. The lowest BCUT2D eigenvalue weighted by Crippen LogP contribution is -2.41. The Labute approximate surface area is 186 Å². The highest BCUT2D eigenvalue weighted by Gasteiger charge is 2.25. The van der Waals surface area contributed by atoms with Gasteiger partial charge < -0.3 is 10.2 Å². The predicted molar refractivity (Wildman–Crippen MR) is 118 cm³/mol. The van der Waals surface area contributed by atoms with Crippen molar-refractivity contribution in [1.82, 2.24) is 9.55 Å². The maximum Gasteiger partial charge on any atom is 0.330 e. The quantitative estimate of drug-likeness (QED) is 0.471. The first-order chi connectivity index (χ1) is 15.3. The minimum atomic E-state index is -0.821. The highest BCUT2D eigenvalue weighted by molar-refractivity contribution is 8.00. The van der Waals surface area contributed by atoms with Crippen molar-refractivity contribution in [2.45, 2.75) is 37.8 Å². The molecule has 2 aromatic heterocycles. The lowest BCUT2D eigenvalue weighted by Gasteiger charge is -2.23. The van der Waals surface area contributed by atoms with E-state index in [4.69, 9.17) is 10.2 Å². The van der Waals surface area contributed by atoms with Crippen LogP contribution in [0.2, 0.25) is 0 Å². The molecule has 0 radical (unpaired) electrons. The maximum absolute atomic E-state index is 14.0. The van der Waals surface area contributed by atoms with E-state index in [2.05, 4.69) is 4.98 Å². The van der Waals surface area contributed by atoms with Crippen LogP contribution in [0.5, 0.6) is 0 Å². The largest absolute Gasteiger partial charge is 0.467 e. The molecule has 1 aromatic carbocycles. The Kier molecular flexibility index (Phi) is 7.52. The molecule has 11 heteroatoms. The fraction of sp³-hybridized carbons (Fsp3) is 0.286. The number of rotatable bonds is 9. The molecular weight excluding hydrogens is 442 g/mol. The molecule has 0 atom stereocenters. The van der Waals surface area contributed by atoms with Crippen molar-refractivity contribution in [3.8, 4) is 0 Å². The molecule has 0 bridgehead atoms. The van der Waals surface area contributed by atoms with Crippen LogP contribution in [0.3, 0.4) is 0 Å². The molecule has 0 spiro atoms. The van der Waals surface area contributed by atoms with E-state index in [0.29, 0.717) is 12.2 Å². The van der Waals surface area contributed by atoms with Crippen LogP contribution in [-0.2, 0) is 17.9 Å². The summed E-state index contributed by atoms with van der Waals surface area (Å²) < 4.78 is 33.6. The molecule has 170 valence electrons. The molecule has 32 heavy (non-hydrogen) atoms. The zero-order valence-electron chi connectivity index (χ0n) is 17.3. The number of halogens is 2. The molecule has 0 aliphatic rings. The van der Waals surface area contributed by atoms with Crippen molar-refractivity contribution in [2.24, 2.45) is 0 Å². The number of nitrogen functional groups attached to an aromatic ring is 1. The van der Waals surface area contributed by atoms with Crippen molar-refractivity contribution in [3.63, 3.8) is 0 Å². The summed E-state index contributed by atoms with van der Waals surface area (Å²) in [4.78, 5) is 41.4. The molecule has 1 amide bonds. The Morgan fingerprint density at radius 1 is 1.28 bits per heavy atom. The summed E-state index contributed by atoms with van der Waals surface area (Å²) in [5.41, 5.74) is 4.47. The number of anilines is 2. The van der Waals surface area contributed by atoms with Gasteiger partial charge in [0.25, 0.3) is 5.56 Å².